The van der Waals surface area contributed by atoms with Gasteiger partial charge in [0.25, 0.3) is 5.91 Å². The van der Waals surface area contributed by atoms with Crippen LogP contribution in [-0.2, 0) is 0 Å². The second kappa shape index (κ2) is 4.85. The Morgan fingerprint density at radius 3 is 2.95 bits per heavy atom. The number of rotatable bonds is 2. The topological polar surface area (TPSA) is 74.0 Å². The number of pyridine rings is 1. The first-order valence-corrected chi connectivity index (χ1v) is 6.38. The van der Waals surface area contributed by atoms with Crippen LogP contribution in [0.25, 0.3) is 10.9 Å². The number of amides is 1. The summed E-state index contributed by atoms with van der Waals surface area (Å²) in [6, 6.07) is 8.83. The average Bonchev–Trinajstić information content (AvgIpc) is 2.90. The summed E-state index contributed by atoms with van der Waals surface area (Å²) in [5.74, 6) is -0.184. The monoisotopic (exact) mass is 257 g/mol. The minimum Gasteiger partial charge on any atom is -0.348 e. The maximum Gasteiger partial charge on any atom is 0.252 e. The van der Waals surface area contributed by atoms with Gasteiger partial charge in [0.15, 0.2) is 0 Å². The predicted octanol–water partition coefficient (Wildman–Crippen LogP) is 0.620. The molecule has 5 heteroatoms. The molecule has 0 radical (unpaired) electrons. The molecule has 5 nitrogen and oxygen atoms in total. The van der Waals surface area contributed by atoms with Crippen molar-refractivity contribution in [3.8, 4) is 0 Å². The molecule has 2 aromatic rings. The van der Waals surface area contributed by atoms with Gasteiger partial charge >= 0.3 is 0 Å². The lowest BCUT2D eigenvalue weighted by molar-refractivity contribution is 0.0941. The van der Waals surface area contributed by atoms with Crippen LogP contribution in [0.4, 0.5) is 0 Å². The molecule has 0 saturated carbocycles. The quantitative estimate of drug-likeness (QED) is 0.738. The van der Waals surface area contributed by atoms with Crippen LogP contribution in [0.2, 0.25) is 0 Å². The SMILES string of the molecule is O=C(N[C@H]1CCNC1)c1cc(=O)[nH]c2ccccc12. The van der Waals surface area contributed by atoms with Crippen LogP contribution in [0.15, 0.2) is 35.1 Å². The average molecular weight is 257 g/mol. The molecule has 1 saturated heterocycles. The van der Waals surface area contributed by atoms with Gasteiger partial charge in [0, 0.05) is 29.6 Å². The summed E-state index contributed by atoms with van der Waals surface area (Å²) < 4.78 is 0. The largest absolute Gasteiger partial charge is 0.348 e. The van der Waals surface area contributed by atoms with Crippen molar-refractivity contribution >= 4 is 16.8 Å². The fourth-order valence-electron chi connectivity index (χ4n) is 2.43. The number of carbonyl (C=O) groups is 1. The summed E-state index contributed by atoms with van der Waals surface area (Å²) in [6.45, 7) is 1.70. The van der Waals surface area contributed by atoms with Gasteiger partial charge in [-0.15, -0.1) is 0 Å². The zero-order valence-electron chi connectivity index (χ0n) is 10.4. The Kier molecular flexibility index (Phi) is 3.05. The number of benzene rings is 1. The lowest BCUT2D eigenvalue weighted by Gasteiger charge is -2.12. The van der Waals surface area contributed by atoms with E-state index in [9.17, 15) is 9.59 Å². The molecule has 19 heavy (non-hydrogen) atoms. The Hall–Kier alpha value is -2.14. The summed E-state index contributed by atoms with van der Waals surface area (Å²) >= 11 is 0. The van der Waals surface area contributed by atoms with Crippen molar-refractivity contribution in [1.29, 1.82) is 0 Å². The molecule has 3 rings (SSSR count). The Morgan fingerprint density at radius 2 is 2.16 bits per heavy atom. The summed E-state index contributed by atoms with van der Waals surface area (Å²) in [5.41, 5.74) is 0.865. The molecule has 0 spiro atoms. The zero-order chi connectivity index (χ0) is 13.2. The first-order chi connectivity index (χ1) is 9.24. The van der Waals surface area contributed by atoms with Crippen molar-refractivity contribution < 1.29 is 4.79 Å². The molecule has 0 aliphatic carbocycles. The van der Waals surface area contributed by atoms with Crippen molar-refractivity contribution in [1.82, 2.24) is 15.6 Å². The van der Waals surface area contributed by atoms with Crippen molar-refractivity contribution in [3.63, 3.8) is 0 Å². The molecule has 1 fully saturated rings. The van der Waals surface area contributed by atoms with Crippen LogP contribution in [-0.4, -0.2) is 30.0 Å². The number of aromatic amines is 1. The normalized spacial score (nSPS) is 18.6. The molecule has 2 heterocycles. The minimum atomic E-state index is -0.256. The van der Waals surface area contributed by atoms with Crippen LogP contribution in [0.1, 0.15) is 16.8 Å². The number of fused-ring (bicyclic) bond motifs is 1. The highest BCUT2D eigenvalue weighted by atomic mass is 16.2. The Bertz CT molecular complexity index is 672. The van der Waals surface area contributed by atoms with Crippen LogP contribution in [0.5, 0.6) is 0 Å². The third-order valence-electron chi connectivity index (χ3n) is 3.39. The first kappa shape index (κ1) is 11.9. The zero-order valence-corrected chi connectivity index (χ0v) is 10.4. The molecule has 3 N–H and O–H groups in total. The fraction of sp³-hybridized carbons (Fsp3) is 0.286. The van der Waals surface area contributed by atoms with E-state index in [4.69, 9.17) is 0 Å². The van der Waals surface area contributed by atoms with E-state index in [0.717, 1.165) is 24.9 Å². The number of carbonyl (C=O) groups excluding carboxylic acids is 1. The highest BCUT2D eigenvalue weighted by Crippen LogP contribution is 2.14. The standard InChI is InChI=1S/C14H15N3O2/c18-13-7-11(10-3-1-2-4-12(10)17-13)14(19)16-9-5-6-15-8-9/h1-4,7,9,15H,5-6,8H2,(H,16,19)(H,17,18)/t9-/m0/s1. The molecule has 1 aromatic heterocycles. The van der Waals surface area contributed by atoms with E-state index in [2.05, 4.69) is 15.6 Å². The van der Waals surface area contributed by atoms with Gasteiger partial charge < -0.3 is 15.6 Å². The Labute approximate surface area is 110 Å². The van der Waals surface area contributed by atoms with Crippen molar-refractivity contribution in [2.75, 3.05) is 13.1 Å². The van der Waals surface area contributed by atoms with Gasteiger partial charge in [0.05, 0.1) is 5.56 Å². The molecule has 1 aliphatic heterocycles. The number of H-pyrrole nitrogens is 1. The molecule has 1 aliphatic rings. The molecule has 0 bridgehead atoms. The number of hydrogen-bond acceptors (Lipinski definition) is 3. The third-order valence-corrected chi connectivity index (χ3v) is 3.39. The Morgan fingerprint density at radius 1 is 1.32 bits per heavy atom. The summed E-state index contributed by atoms with van der Waals surface area (Å²) in [7, 11) is 0. The first-order valence-electron chi connectivity index (χ1n) is 6.38. The fourth-order valence-corrected chi connectivity index (χ4v) is 2.43. The number of hydrogen-bond donors (Lipinski definition) is 3. The van der Waals surface area contributed by atoms with Gasteiger partial charge in [-0.25, -0.2) is 0 Å². The molecular weight excluding hydrogens is 242 g/mol. The molecular formula is C14H15N3O2. The van der Waals surface area contributed by atoms with Gasteiger partial charge in [-0.1, -0.05) is 18.2 Å². The number of nitrogens with one attached hydrogen (secondary N) is 3. The van der Waals surface area contributed by atoms with E-state index in [1.54, 1.807) is 6.07 Å². The number of aromatic nitrogens is 1. The van der Waals surface area contributed by atoms with Crippen LogP contribution < -0.4 is 16.2 Å². The lowest BCUT2D eigenvalue weighted by Crippen LogP contribution is -2.36. The lowest BCUT2D eigenvalue weighted by atomic mass is 10.1. The maximum atomic E-state index is 12.3. The Balaban J connectivity index is 1.98. The van der Waals surface area contributed by atoms with E-state index in [1.165, 1.54) is 6.07 Å². The second-order valence-electron chi connectivity index (χ2n) is 4.76. The van der Waals surface area contributed by atoms with Crippen molar-refractivity contribution in [3.05, 3.63) is 46.2 Å². The van der Waals surface area contributed by atoms with Crippen LogP contribution in [0, 0.1) is 0 Å². The molecule has 1 aromatic carbocycles. The van der Waals surface area contributed by atoms with Crippen molar-refractivity contribution in [2.45, 2.75) is 12.5 Å². The van der Waals surface area contributed by atoms with Gasteiger partial charge in [0.2, 0.25) is 5.56 Å². The van der Waals surface area contributed by atoms with E-state index in [1.807, 2.05) is 18.2 Å². The highest BCUT2D eigenvalue weighted by Gasteiger charge is 2.19. The van der Waals surface area contributed by atoms with E-state index < -0.39 is 0 Å². The molecule has 1 amide bonds. The molecule has 0 unspecified atom stereocenters. The van der Waals surface area contributed by atoms with Gasteiger partial charge in [-0.2, -0.15) is 0 Å². The van der Waals surface area contributed by atoms with Crippen LogP contribution in [0.3, 0.4) is 0 Å². The van der Waals surface area contributed by atoms with E-state index in [-0.39, 0.29) is 17.5 Å². The summed E-state index contributed by atoms with van der Waals surface area (Å²) in [4.78, 5) is 26.6. The van der Waals surface area contributed by atoms with Crippen LogP contribution >= 0.6 is 0 Å². The van der Waals surface area contributed by atoms with E-state index in [0.29, 0.717) is 11.1 Å². The minimum absolute atomic E-state index is 0.144. The molecule has 98 valence electrons. The van der Waals surface area contributed by atoms with E-state index >= 15 is 0 Å². The highest BCUT2D eigenvalue weighted by molar-refractivity contribution is 6.06. The third kappa shape index (κ3) is 2.37. The number of para-hydroxylation sites is 1. The molecule has 1 atom stereocenters. The summed E-state index contributed by atoms with van der Waals surface area (Å²) in [5, 5.41) is 6.92. The second-order valence-corrected chi connectivity index (χ2v) is 4.76. The van der Waals surface area contributed by atoms with Gasteiger partial charge in [0.1, 0.15) is 0 Å². The predicted molar refractivity (Wildman–Crippen MR) is 73.3 cm³/mol. The van der Waals surface area contributed by atoms with Gasteiger partial charge in [-0.05, 0) is 19.0 Å². The van der Waals surface area contributed by atoms with Gasteiger partial charge in [-0.3, -0.25) is 9.59 Å². The van der Waals surface area contributed by atoms with Crippen molar-refractivity contribution in [2.24, 2.45) is 0 Å². The summed E-state index contributed by atoms with van der Waals surface area (Å²) in [6.07, 6.45) is 0.923. The maximum absolute atomic E-state index is 12.3. The smallest absolute Gasteiger partial charge is 0.252 e.